The molecule has 92 valence electrons. The second-order valence-electron chi connectivity index (χ2n) is 3.42. The zero-order chi connectivity index (χ0) is 12.8. The van der Waals surface area contributed by atoms with E-state index in [4.69, 9.17) is 17.0 Å². The predicted octanol–water partition coefficient (Wildman–Crippen LogP) is 1.92. The molecule has 4 nitrogen and oxygen atoms in total. The fraction of sp³-hybridized carbons (Fsp3) is 0.273. The van der Waals surface area contributed by atoms with Gasteiger partial charge in [-0.3, -0.25) is 9.52 Å². The Labute approximate surface area is 110 Å². The molecule has 0 aromatic heterocycles. The third kappa shape index (κ3) is 4.24. The number of nitrogens with zero attached hydrogens (tertiary/aromatic N) is 1. The monoisotopic (exact) mass is 270 g/mol. The Morgan fingerprint density at radius 3 is 2.41 bits per heavy atom. The quantitative estimate of drug-likeness (QED) is 0.657. The first kappa shape index (κ1) is 13.8. The molecule has 0 atom stereocenters. The second-order valence-corrected chi connectivity index (χ2v) is 4.86. The van der Waals surface area contributed by atoms with Crippen LogP contribution in [0.25, 0.3) is 0 Å². The van der Waals surface area contributed by atoms with Gasteiger partial charge in [0.2, 0.25) is 0 Å². The molecule has 0 heterocycles. The summed E-state index contributed by atoms with van der Waals surface area (Å²) >= 11 is 6.16. The van der Waals surface area contributed by atoms with Crippen molar-refractivity contribution in [3.05, 3.63) is 29.8 Å². The minimum Gasteiger partial charge on any atom is -0.497 e. The van der Waals surface area contributed by atoms with Gasteiger partial charge in [0.05, 0.1) is 7.11 Å². The van der Waals surface area contributed by atoms with Crippen LogP contribution in [0, 0.1) is 0 Å². The number of hydrogen-bond donors (Lipinski definition) is 1. The molecule has 0 spiro atoms. The van der Waals surface area contributed by atoms with Crippen LogP contribution in [0.15, 0.2) is 24.3 Å². The van der Waals surface area contributed by atoms with Gasteiger partial charge >= 0.3 is 0 Å². The van der Waals surface area contributed by atoms with Crippen LogP contribution >= 0.6 is 24.2 Å². The van der Waals surface area contributed by atoms with Crippen molar-refractivity contribution >= 4 is 34.4 Å². The van der Waals surface area contributed by atoms with Crippen molar-refractivity contribution in [3.8, 4) is 5.75 Å². The van der Waals surface area contributed by atoms with Crippen molar-refractivity contribution in [3.63, 3.8) is 0 Å². The summed E-state index contributed by atoms with van der Waals surface area (Å²) in [6.45, 7) is 0. The lowest BCUT2D eigenvalue weighted by atomic mass is 10.2. The molecule has 17 heavy (non-hydrogen) atoms. The number of methoxy groups -OCH3 is 1. The van der Waals surface area contributed by atoms with E-state index in [0.717, 1.165) is 17.7 Å². The Balaban J connectivity index is 2.55. The summed E-state index contributed by atoms with van der Waals surface area (Å²) in [4.78, 5) is 13.5. The first-order chi connectivity index (χ1) is 8.04. The first-order valence-corrected chi connectivity index (χ1v) is 6.09. The molecule has 0 radical (unpaired) electrons. The maximum atomic E-state index is 11.7. The van der Waals surface area contributed by atoms with E-state index < -0.39 is 0 Å². The van der Waals surface area contributed by atoms with E-state index in [0.29, 0.717) is 9.88 Å². The maximum absolute atomic E-state index is 11.7. The van der Waals surface area contributed by atoms with Crippen molar-refractivity contribution in [2.75, 3.05) is 21.2 Å². The number of rotatable bonds is 2. The molecule has 0 bridgehead atoms. The van der Waals surface area contributed by atoms with Crippen LogP contribution in [0.5, 0.6) is 5.75 Å². The molecule has 1 aromatic carbocycles. The molecule has 0 aliphatic heterocycles. The number of carbonyl (C=O) groups is 1. The summed E-state index contributed by atoms with van der Waals surface area (Å²) in [6.07, 6.45) is 0. The molecule has 0 saturated heterocycles. The molecule has 0 unspecified atom stereocenters. The highest BCUT2D eigenvalue weighted by Gasteiger charge is 2.07. The maximum Gasteiger partial charge on any atom is 0.261 e. The molecule has 0 saturated carbocycles. The fourth-order valence-electron chi connectivity index (χ4n) is 0.983. The third-order valence-corrected chi connectivity index (χ3v) is 3.39. The number of carbonyl (C=O) groups excluding carboxylic acids is 1. The van der Waals surface area contributed by atoms with Crippen LogP contribution < -0.4 is 9.46 Å². The van der Waals surface area contributed by atoms with Crippen molar-refractivity contribution in [1.29, 1.82) is 0 Å². The number of nitrogens with one attached hydrogen (secondary N) is 1. The summed E-state index contributed by atoms with van der Waals surface area (Å²) in [5.74, 6) is 0.542. The lowest BCUT2D eigenvalue weighted by Crippen LogP contribution is -2.24. The zero-order valence-electron chi connectivity index (χ0n) is 9.89. The third-order valence-electron chi connectivity index (χ3n) is 1.95. The van der Waals surface area contributed by atoms with Gasteiger partial charge in [0, 0.05) is 31.6 Å². The normalized spacial score (nSPS) is 9.59. The number of ether oxygens (including phenoxy) is 1. The summed E-state index contributed by atoms with van der Waals surface area (Å²) in [6, 6.07) is 6.88. The number of benzene rings is 1. The Morgan fingerprint density at radius 1 is 1.35 bits per heavy atom. The highest BCUT2D eigenvalue weighted by molar-refractivity contribution is 8.21. The number of amides is 1. The minimum atomic E-state index is -0.179. The molecule has 1 rings (SSSR count). The van der Waals surface area contributed by atoms with E-state index in [2.05, 4.69) is 4.72 Å². The molecular formula is C11H14N2O2S2. The summed E-state index contributed by atoms with van der Waals surface area (Å²) in [7, 11) is 5.24. The standard InChI is InChI=1S/C11H14N2O2S2/c1-13(2)11(16)17-12-10(14)8-4-6-9(15-3)7-5-8/h4-7H,1-3H3,(H,12,14). The van der Waals surface area contributed by atoms with E-state index in [-0.39, 0.29) is 5.91 Å². The lowest BCUT2D eigenvalue weighted by molar-refractivity contribution is 0.0984. The average molecular weight is 270 g/mol. The van der Waals surface area contributed by atoms with Crippen molar-refractivity contribution in [2.45, 2.75) is 0 Å². The predicted molar refractivity (Wildman–Crippen MR) is 74.3 cm³/mol. The van der Waals surface area contributed by atoms with E-state index in [1.807, 2.05) is 14.1 Å². The van der Waals surface area contributed by atoms with Gasteiger partial charge in [-0.15, -0.1) is 0 Å². The summed E-state index contributed by atoms with van der Waals surface area (Å²) in [5, 5.41) is 0. The molecule has 0 aliphatic carbocycles. The smallest absolute Gasteiger partial charge is 0.261 e. The van der Waals surface area contributed by atoms with Gasteiger partial charge < -0.3 is 9.64 Å². The summed E-state index contributed by atoms with van der Waals surface area (Å²) in [5.41, 5.74) is 0.569. The van der Waals surface area contributed by atoms with Crippen LogP contribution in [0.2, 0.25) is 0 Å². The molecule has 6 heteroatoms. The van der Waals surface area contributed by atoms with Gasteiger partial charge in [-0.05, 0) is 24.3 Å². The first-order valence-electron chi connectivity index (χ1n) is 4.87. The largest absolute Gasteiger partial charge is 0.497 e. The van der Waals surface area contributed by atoms with E-state index in [9.17, 15) is 4.79 Å². The van der Waals surface area contributed by atoms with Gasteiger partial charge in [-0.1, -0.05) is 12.2 Å². The van der Waals surface area contributed by atoms with Crippen LogP contribution in [-0.2, 0) is 0 Å². The fourth-order valence-corrected chi connectivity index (χ4v) is 1.59. The minimum absolute atomic E-state index is 0.179. The Kier molecular flexibility index (Phi) is 5.24. The SMILES string of the molecule is COc1ccc(C(=O)NSC(=S)N(C)C)cc1. The zero-order valence-corrected chi connectivity index (χ0v) is 11.5. The van der Waals surface area contributed by atoms with Crippen LogP contribution in [0.1, 0.15) is 10.4 Å². The molecule has 1 aromatic rings. The Bertz CT molecular complexity index is 404. The van der Waals surface area contributed by atoms with Crippen LogP contribution in [0.3, 0.4) is 0 Å². The average Bonchev–Trinajstić information content (AvgIpc) is 2.35. The van der Waals surface area contributed by atoms with Gasteiger partial charge in [-0.25, -0.2) is 0 Å². The van der Waals surface area contributed by atoms with Gasteiger partial charge in [0.15, 0.2) is 4.32 Å². The molecule has 1 amide bonds. The van der Waals surface area contributed by atoms with Crippen LogP contribution in [-0.4, -0.2) is 36.3 Å². The topological polar surface area (TPSA) is 41.6 Å². The Hall–Kier alpha value is -1.27. The van der Waals surface area contributed by atoms with E-state index in [1.165, 1.54) is 0 Å². The number of thiocarbonyl (C=S) groups is 1. The van der Waals surface area contributed by atoms with Gasteiger partial charge in [0.1, 0.15) is 5.75 Å². The summed E-state index contributed by atoms with van der Waals surface area (Å²) < 4.78 is 8.29. The highest BCUT2D eigenvalue weighted by atomic mass is 32.2. The van der Waals surface area contributed by atoms with Gasteiger partial charge in [0.25, 0.3) is 5.91 Å². The Morgan fingerprint density at radius 2 is 1.94 bits per heavy atom. The molecular weight excluding hydrogens is 256 g/mol. The molecule has 0 fully saturated rings. The van der Waals surface area contributed by atoms with Gasteiger partial charge in [-0.2, -0.15) is 0 Å². The van der Waals surface area contributed by atoms with Crippen molar-refractivity contribution in [1.82, 2.24) is 9.62 Å². The second kappa shape index (κ2) is 6.46. The lowest BCUT2D eigenvalue weighted by Gasteiger charge is -2.12. The molecule has 0 aliphatic rings. The van der Waals surface area contributed by atoms with E-state index in [1.54, 1.807) is 36.3 Å². The molecule has 1 N–H and O–H groups in total. The van der Waals surface area contributed by atoms with Crippen LogP contribution in [0.4, 0.5) is 0 Å². The highest BCUT2D eigenvalue weighted by Crippen LogP contribution is 2.12. The van der Waals surface area contributed by atoms with Crippen molar-refractivity contribution < 1.29 is 9.53 Å². The van der Waals surface area contributed by atoms with Crippen molar-refractivity contribution in [2.24, 2.45) is 0 Å². The van der Waals surface area contributed by atoms with E-state index >= 15 is 0 Å². The number of hydrogen-bond acceptors (Lipinski definition) is 4.